The molecule has 0 aliphatic heterocycles. The van der Waals surface area contributed by atoms with Crippen molar-refractivity contribution in [3.8, 4) is 0 Å². The lowest BCUT2D eigenvalue weighted by atomic mass is 10.0. The van der Waals surface area contributed by atoms with Crippen molar-refractivity contribution in [2.45, 2.75) is 24.3 Å². The zero-order chi connectivity index (χ0) is 15.4. The normalized spacial score (nSPS) is 14.2. The zero-order valence-corrected chi connectivity index (χ0v) is 13.6. The van der Waals surface area contributed by atoms with Gasteiger partial charge in [-0.2, -0.15) is 0 Å². The molecule has 0 fully saturated rings. The Labute approximate surface area is 121 Å². The first-order chi connectivity index (χ1) is 9.13. The quantitative estimate of drug-likeness (QED) is 0.816. The molecule has 0 aliphatic rings. The second-order valence-electron chi connectivity index (χ2n) is 4.87. The number of sulfone groups is 2. The maximum absolute atomic E-state index is 11.4. The molecule has 0 heterocycles. The van der Waals surface area contributed by atoms with Crippen LogP contribution in [0.25, 0.3) is 0 Å². The number of hydrogen-bond donors (Lipinski definition) is 1. The van der Waals surface area contributed by atoms with Crippen molar-refractivity contribution in [2.75, 3.05) is 24.8 Å². The van der Waals surface area contributed by atoms with E-state index in [0.717, 1.165) is 11.8 Å². The van der Waals surface area contributed by atoms with Gasteiger partial charge in [-0.05, 0) is 30.7 Å². The van der Waals surface area contributed by atoms with Gasteiger partial charge in [-0.15, -0.1) is 0 Å². The third kappa shape index (κ3) is 5.60. The van der Waals surface area contributed by atoms with Gasteiger partial charge in [-0.25, -0.2) is 16.8 Å². The molecule has 0 radical (unpaired) electrons. The molecule has 1 atom stereocenters. The molecule has 20 heavy (non-hydrogen) atoms. The number of benzene rings is 1. The van der Waals surface area contributed by atoms with Crippen molar-refractivity contribution in [1.29, 1.82) is 0 Å². The van der Waals surface area contributed by atoms with Gasteiger partial charge in [0.1, 0.15) is 9.84 Å². The molecule has 7 heteroatoms. The lowest BCUT2D eigenvalue weighted by Crippen LogP contribution is -2.23. The smallest absolute Gasteiger partial charge is 0.175 e. The molecular weight excluding hydrogens is 298 g/mol. The molecule has 1 aromatic carbocycles. The van der Waals surface area contributed by atoms with Crippen LogP contribution in [0.3, 0.4) is 0 Å². The van der Waals surface area contributed by atoms with Crippen LogP contribution in [0.1, 0.15) is 24.9 Å². The molecule has 0 saturated heterocycles. The molecule has 0 saturated carbocycles. The van der Waals surface area contributed by atoms with Crippen LogP contribution >= 0.6 is 0 Å². The predicted molar refractivity (Wildman–Crippen MR) is 80.3 cm³/mol. The van der Waals surface area contributed by atoms with Crippen LogP contribution in [-0.2, 0) is 19.7 Å². The van der Waals surface area contributed by atoms with Gasteiger partial charge in [-0.1, -0.05) is 19.1 Å². The summed E-state index contributed by atoms with van der Waals surface area (Å²) in [6.07, 6.45) is 2.83. The summed E-state index contributed by atoms with van der Waals surface area (Å²) in [7, 11) is -6.22. The Kier molecular flexibility index (Phi) is 5.73. The summed E-state index contributed by atoms with van der Waals surface area (Å²) < 4.78 is 45.3. The van der Waals surface area contributed by atoms with E-state index in [1.54, 1.807) is 24.3 Å². The fourth-order valence-corrected chi connectivity index (χ4v) is 3.21. The summed E-state index contributed by atoms with van der Waals surface area (Å²) in [4.78, 5) is 0.264. The van der Waals surface area contributed by atoms with Gasteiger partial charge in [0, 0.05) is 18.6 Å². The molecule has 0 aliphatic carbocycles. The standard InChI is InChI=1S/C13H21NO4S2/c1-4-14-13(9-10-19(2,15)16)11-5-7-12(8-6-11)20(3,17)18/h5-8,13-14H,4,9-10H2,1-3H3. The van der Waals surface area contributed by atoms with Crippen LogP contribution in [0.5, 0.6) is 0 Å². The summed E-state index contributed by atoms with van der Waals surface area (Å²) >= 11 is 0. The second kappa shape index (κ2) is 6.69. The van der Waals surface area contributed by atoms with Gasteiger partial charge in [0.25, 0.3) is 0 Å². The van der Waals surface area contributed by atoms with E-state index in [0.29, 0.717) is 13.0 Å². The van der Waals surface area contributed by atoms with E-state index in [1.807, 2.05) is 6.92 Å². The minimum atomic E-state index is -3.21. The Bertz CT molecular complexity index is 633. The molecule has 0 aromatic heterocycles. The molecule has 114 valence electrons. The molecule has 1 N–H and O–H groups in total. The van der Waals surface area contributed by atoms with Crippen LogP contribution < -0.4 is 5.32 Å². The minimum Gasteiger partial charge on any atom is -0.310 e. The third-order valence-electron chi connectivity index (χ3n) is 2.94. The first-order valence-electron chi connectivity index (χ1n) is 6.34. The summed E-state index contributed by atoms with van der Waals surface area (Å²) in [6, 6.07) is 6.46. The highest BCUT2D eigenvalue weighted by atomic mass is 32.2. The highest BCUT2D eigenvalue weighted by Gasteiger charge is 2.14. The fourth-order valence-electron chi connectivity index (χ4n) is 1.91. The Morgan fingerprint density at radius 2 is 1.60 bits per heavy atom. The predicted octanol–water partition coefficient (Wildman–Crippen LogP) is 1.18. The van der Waals surface area contributed by atoms with Crippen molar-refractivity contribution in [2.24, 2.45) is 0 Å². The summed E-state index contributed by atoms with van der Waals surface area (Å²) in [5, 5.41) is 3.22. The lowest BCUT2D eigenvalue weighted by molar-refractivity contribution is 0.529. The Balaban J connectivity index is 2.92. The van der Waals surface area contributed by atoms with Crippen molar-refractivity contribution in [3.63, 3.8) is 0 Å². The van der Waals surface area contributed by atoms with Gasteiger partial charge < -0.3 is 5.32 Å². The van der Waals surface area contributed by atoms with Gasteiger partial charge in [0.05, 0.1) is 10.6 Å². The minimum absolute atomic E-state index is 0.0941. The molecule has 1 rings (SSSR count). The molecule has 0 spiro atoms. The van der Waals surface area contributed by atoms with Crippen molar-refractivity contribution in [3.05, 3.63) is 29.8 Å². The zero-order valence-electron chi connectivity index (χ0n) is 12.0. The number of nitrogens with one attached hydrogen (secondary N) is 1. The van der Waals surface area contributed by atoms with E-state index in [2.05, 4.69) is 5.32 Å². The molecule has 5 nitrogen and oxygen atoms in total. The first-order valence-corrected chi connectivity index (χ1v) is 10.3. The Hall–Kier alpha value is -0.920. The Morgan fingerprint density at radius 1 is 1.05 bits per heavy atom. The van der Waals surface area contributed by atoms with Crippen LogP contribution in [-0.4, -0.2) is 41.6 Å². The van der Waals surface area contributed by atoms with E-state index in [1.165, 1.54) is 6.26 Å². The fraction of sp³-hybridized carbons (Fsp3) is 0.538. The summed E-state index contributed by atoms with van der Waals surface area (Å²) in [5.41, 5.74) is 0.892. The van der Waals surface area contributed by atoms with Gasteiger partial charge in [0.2, 0.25) is 0 Å². The highest BCUT2D eigenvalue weighted by molar-refractivity contribution is 7.91. The number of hydrogen-bond acceptors (Lipinski definition) is 5. The average molecular weight is 319 g/mol. The van der Waals surface area contributed by atoms with Gasteiger partial charge in [-0.3, -0.25) is 0 Å². The van der Waals surface area contributed by atoms with E-state index in [9.17, 15) is 16.8 Å². The summed E-state index contributed by atoms with van der Waals surface area (Å²) in [6.45, 7) is 2.65. The average Bonchev–Trinajstić information content (AvgIpc) is 2.32. The largest absolute Gasteiger partial charge is 0.310 e. The van der Waals surface area contributed by atoms with Crippen molar-refractivity contribution in [1.82, 2.24) is 5.32 Å². The van der Waals surface area contributed by atoms with Gasteiger partial charge >= 0.3 is 0 Å². The van der Waals surface area contributed by atoms with Crippen LogP contribution in [0.4, 0.5) is 0 Å². The van der Waals surface area contributed by atoms with E-state index >= 15 is 0 Å². The maximum Gasteiger partial charge on any atom is 0.175 e. The lowest BCUT2D eigenvalue weighted by Gasteiger charge is -2.18. The van der Waals surface area contributed by atoms with Gasteiger partial charge in [0.15, 0.2) is 9.84 Å². The maximum atomic E-state index is 11.4. The number of rotatable bonds is 7. The first kappa shape index (κ1) is 17.1. The van der Waals surface area contributed by atoms with Crippen molar-refractivity contribution < 1.29 is 16.8 Å². The van der Waals surface area contributed by atoms with Crippen LogP contribution in [0, 0.1) is 0 Å². The molecule has 1 aromatic rings. The van der Waals surface area contributed by atoms with E-state index in [4.69, 9.17) is 0 Å². The Morgan fingerprint density at radius 3 is 2.00 bits per heavy atom. The SMILES string of the molecule is CCNC(CCS(C)(=O)=O)c1ccc(S(C)(=O)=O)cc1. The molecule has 0 bridgehead atoms. The highest BCUT2D eigenvalue weighted by Crippen LogP contribution is 2.20. The van der Waals surface area contributed by atoms with Crippen LogP contribution in [0.15, 0.2) is 29.2 Å². The second-order valence-corrected chi connectivity index (χ2v) is 9.15. The third-order valence-corrected chi connectivity index (χ3v) is 5.04. The van der Waals surface area contributed by atoms with E-state index < -0.39 is 19.7 Å². The summed E-state index contributed by atoms with van der Waals surface area (Å²) in [5.74, 6) is 0.0957. The van der Waals surface area contributed by atoms with E-state index in [-0.39, 0.29) is 16.7 Å². The van der Waals surface area contributed by atoms with Crippen molar-refractivity contribution >= 4 is 19.7 Å². The molecule has 1 unspecified atom stereocenters. The monoisotopic (exact) mass is 319 g/mol. The van der Waals surface area contributed by atoms with Crippen LogP contribution in [0.2, 0.25) is 0 Å². The molecular formula is C13H21NO4S2. The molecule has 0 amide bonds. The topological polar surface area (TPSA) is 80.3 Å².